The molecule has 0 amide bonds. The molecular weight excluding hydrogens is 726 g/mol. The fourth-order valence-corrected chi connectivity index (χ4v) is 9.38. The van der Waals surface area contributed by atoms with Gasteiger partial charge in [0.15, 0.2) is 12.6 Å². The molecule has 8 N–H and O–H groups in total. The van der Waals surface area contributed by atoms with Gasteiger partial charge in [0.05, 0.1) is 42.0 Å². The number of ether oxygens (including phenoxy) is 6. The lowest BCUT2D eigenvalue weighted by molar-refractivity contribution is -0.336. The average Bonchev–Trinajstić information content (AvgIpc) is 3.11. The zero-order valence-electron chi connectivity index (χ0n) is 36.9. The number of carbonyl (C=O) groups is 1. The van der Waals surface area contributed by atoms with E-state index in [1.165, 1.54) is 14.0 Å². The molecule has 3 fully saturated rings. The van der Waals surface area contributed by atoms with Crippen molar-refractivity contribution in [3.63, 3.8) is 0 Å². The molecule has 1 unspecified atom stereocenters. The molecule has 19 atom stereocenters. The molecule has 0 spiro atoms. The standard InChI is InChI=1S/C41H79N3O12/c1-16-29-40(12,49)34(46)24(6)31(42)22(4)18-38(10,48)35(56-37-32(45)28(44(13)14)17-23(5)52-37)25(7)33(26(8)36(47)54-29)55-30-19-39(11,51-15)41(50,27(9)53-30)20-43-21(2)3/h21-35,37,43,45-46,48-50H,16-20,42H2,1-15H3/t22-,23-,24+,25+,26-,27+,28+,29-,30+,31+,32-,33+,34-,35-,37+,38-,39-,40-,41?/m1/s1. The monoisotopic (exact) mass is 806 g/mol. The number of hydrogen-bond acceptors (Lipinski definition) is 15. The molecule has 15 nitrogen and oxygen atoms in total. The zero-order chi connectivity index (χ0) is 42.9. The van der Waals surface area contributed by atoms with Crippen LogP contribution in [0.1, 0.15) is 109 Å². The van der Waals surface area contributed by atoms with E-state index >= 15 is 0 Å². The highest BCUT2D eigenvalue weighted by Crippen LogP contribution is 2.44. The number of likely N-dealkylation sites (N-methyl/N-ethyl adjacent to an activating group) is 1. The van der Waals surface area contributed by atoms with Crippen LogP contribution in [-0.4, -0.2) is 160 Å². The summed E-state index contributed by atoms with van der Waals surface area (Å²) in [6, 6.07) is -0.923. The van der Waals surface area contributed by atoms with Crippen molar-refractivity contribution >= 4 is 5.97 Å². The topological polar surface area (TPSA) is 215 Å². The van der Waals surface area contributed by atoms with Gasteiger partial charge in [0.2, 0.25) is 0 Å². The van der Waals surface area contributed by atoms with Gasteiger partial charge < -0.3 is 69.9 Å². The van der Waals surface area contributed by atoms with Crippen molar-refractivity contribution < 1.29 is 58.7 Å². The minimum absolute atomic E-state index is 0.0752. The first kappa shape index (κ1) is 49.3. The zero-order valence-corrected chi connectivity index (χ0v) is 36.9. The summed E-state index contributed by atoms with van der Waals surface area (Å²) in [5, 5.41) is 62.9. The molecule has 3 rings (SSSR count). The van der Waals surface area contributed by atoms with Crippen molar-refractivity contribution in [2.24, 2.45) is 29.4 Å². The van der Waals surface area contributed by atoms with E-state index in [1.807, 2.05) is 46.7 Å². The summed E-state index contributed by atoms with van der Waals surface area (Å²) in [7, 11) is 5.27. The van der Waals surface area contributed by atoms with E-state index < -0.39 is 107 Å². The van der Waals surface area contributed by atoms with Gasteiger partial charge in [-0.25, -0.2) is 0 Å². The summed E-state index contributed by atoms with van der Waals surface area (Å²) in [4.78, 5) is 16.2. The van der Waals surface area contributed by atoms with Crippen molar-refractivity contribution in [3.05, 3.63) is 0 Å². The van der Waals surface area contributed by atoms with Crippen molar-refractivity contribution in [1.82, 2.24) is 10.2 Å². The molecule has 3 aliphatic rings. The summed E-state index contributed by atoms with van der Waals surface area (Å²) < 4.78 is 38.2. The van der Waals surface area contributed by atoms with Gasteiger partial charge >= 0.3 is 5.97 Å². The number of esters is 1. The minimum atomic E-state index is -1.87. The summed E-state index contributed by atoms with van der Waals surface area (Å²) in [6.07, 6.45) is -8.08. The second kappa shape index (κ2) is 19.1. The number of cyclic esters (lactones) is 1. The van der Waals surface area contributed by atoms with Crippen LogP contribution >= 0.6 is 0 Å². The maximum atomic E-state index is 14.3. The van der Waals surface area contributed by atoms with E-state index in [-0.39, 0.29) is 44.0 Å². The maximum absolute atomic E-state index is 14.3. The van der Waals surface area contributed by atoms with Crippen LogP contribution in [0.5, 0.6) is 0 Å². The van der Waals surface area contributed by atoms with Gasteiger partial charge in [0.25, 0.3) is 0 Å². The van der Waals surface area contributed by atoms with Crippen molar-refractivity contribution in [2.75, 3.05) is 27.7 Å². The van der Waals surface area contributed by atoms with Crippen LogP contribution in [-0.2, 0) is 33.2 Å². The van der Waals surface area contributed by atoms with E-state index in [9.17, 15) is 30.3 Å². The Kier molecular flexibility index (Phi) is 16.8. The second-order valence-corrected chi connectivity index (χ2v) is 18.7. The van der Waals surface area contributed by atoms with Crippen molar-refractivity contribution in [3.8, 4) is 0 Å². The van der Waals surface area contributed by atoms with E-state index in [4.69, 9.17) is 34.2 Å². The third-order valence-corrected chi connectivity index (χ3v) is 13.4. The number of aliphatic hydroxyl groups excluding tert-OH is 2. The van der Waals surface area contributed by atoms with E-state index in [2.05, 4.69) is 5.32 Å². The molecule has 0 aliphatic carbocycles. The van der Waals surface area contributed by atoms with Gasteiger partial charge in [-0.05, 0) is 80.8 Å². The molecule has 0 aromatic heterocycles. The number of methoxy groups -OCH3 is 1. The molecule has 3 heterocycles. The minimum Gasteiger partial charge on any atom is -0.459 e. The quantitative estimate of drug-likeness (QED) is 0.157. The first-order valence-electron chi connectivity index (χ1n) is 20.7. The number of aliphatic hydroxyl groups is 5. The van der Waals surface area contributed by atoms with Crippen LogP contribution in [0.2, 0.25) is 0 Å². The fraction of sp³-hybridized carbons (Fsp3) is 0.976. The highest BCUT2D eigenvalue weighted by molar-refractivity contribution is 5.73. The Bertz CT molecular complexity index is 1260. The Morgan fingerprint density at radius 3 is 2.11 bits per heavy atom. The predicted molar refractivity (Wildman–Crippen MR) is 211 cm³/mol. The Labute approximate surface area is 336 Å². The lowest BCUT2D eigenvalue weighted by Crippen LogP contribution is -2.70. The Morgan fingerprint density at radius 1 is 0.964 bits per heavy atom. The van der Waals surface area contributed by atoms with Crippen LogP contribution in [0.4, 0.5) is 0 Å². The highest BCUT2D eigenvalue weighted by Gasteiger charge is 2.58. The normalized spacial score (nSPS) is 49.1. The SMILES string of the molecule is CC[C@H]1OC(=O)[C@H](C)[C@@H](O[C@H]2C[C@@](C)(OC)C(O)(CNC(C)C)[C@H](C)O2)[C@H](C)[C@@H](O[C@@H]2O[C@H](C)C[C@H](N(C)C)[C@H]2O)[C@](C)(O)C[C@@H](C)[C@H](N)[C@H](C)[C@@H](O)[C@]1(C)O. The Morgan fingerprint density at radius 2 is 1.57 bits per heavy atom. The molecule has 0 radical (unpaired) electrons. The average molecular weight is 806 g/mol. The van der Waals surface area contributed by atoms with Crippen molar-refractivity contribution in [1.29, 1.82) is 0 Å². The molecule has 0 bridgehead atoms. The smallest absolute Gasteiger partial charge is 0.311 e. The number of nitrogens with zero attached hydrogens (tertiary/aromatic N) is 1. The molecule has 56 heavy (non-hydrogen) atoms. The summed E-state index contributed by atoms with van der Waals surface area (Å²) in [5.74, 6) is -3.65. The van der Waals surface area contributed by atoms with Gasteiger partial charge in [-0.2, -0.15) is 0 Å². The Balaban J connectivity index is 2.19. The molecule has 3 aliphatic heterocycles. The molecule has 0 saturated carbocycles. The highest BCUT2D eigenvalue weighted by atomic mass is 16.7. The van der Waals surface area contributed by atoms with Crippen LogP contribution in [0.25, 0.3) is 0 Å². The van der Waals surface area contributed by atoms with Crippen LogP contribution in [0.15, 0.2) is 0 Å². The van der Waals surface area contributed by atoms with E-state index in [1.54, 1.807) is 48.5 Å². The first-order chi connectivity index (χ1) is 25.7. The van der Waals surface area contributed by atoms with Gasteiger partial charge in [-0.1, -0.05) is 41.5 Å². The molecule has 15 heteroatoms. The van der Waals surface area contributed by atoms with Gasteiger partial charge in [-0.3, -0.25) is 4.79 Å². The van der Waals surface area contributed by atoms with Gasteiger partial charge in [0, 0.05) is 50.0 Å². The summed E-state index contributed by atoms with van der Waals surface area (Å²) in [6.45, 7) is 21.4. The van der Waals surface area contributed by atoms with Crippen LogP contribution in [0.3, 0.4) is 0 Å². The molecule has 3 saturated heterocycles. The van der Waals surface area contributed by atoms with Gasteiger partial charge in [0.1, 0.15) is 29.0 Å². The lowest BCUT2D eigenvalue weighted by atomic mass is 9.72. The van der Waals surface area contributed by atoms with Crippen LogP contribution in [0, 0.1) is 23.7 Å². The molecular formula is C41H79N3O12. The number of nitrogens with one attached hydrogen (secondary N) is 1. The van der Waals surface area contributed by atoms with Gasteiger partial charge in [-0.15, -0.1) is 0 Å². The maximum Gasteiger partial charge on any atom is 0.311 e. The third kappa shape index (κ3) is 10.4. The lowest BCUT2D eigenvalue weighted by Gasteiger charge is -2.54. The number of carbonyl (C=O) groups excluding carboxylic acids is 1. The molecule has 330 valence electrons. The van der Waals surface area contributed by atoms with E-state index in [0.717, 1.165) is 0 Å². The summed E-state index contributed by atoms with van der Waals surface area (Å²) >= 11 is 0. The number of rotatable bonds is 10. The third-order valence-electron chi connectivity index (χ3n) is 13.4. The fourth-order valence-electron chi connectivity index (χ4n) is 9.38. The largest absolute Gasteiger partial charge is 0.459 e. The number of nitrogens with two attached hydrogens (primary N) is 1. The Hall–Kier alpha value is -1.05. The first-order valence-corrected chi connectivity index (χ1v) is 20.7. The predicted octanol–water partition coefficient (Wildman–Crippen LogP) is 1.91. The van der Waals surface area contributed by atoms with Crippen molar-refractivity contribution in [2.45, 2.75) is 205 Å². The second-order valence-electron chi connectivity index (χ2n) is 18.7. The van der Waals surface area contributed by atoms with E-state index in [0.29, 0.717) is 6.42 Å². The summed E-state index contributed by atoms with van der Waals surface area (Å²) in [5.41, 5.74) is 0.623. The molecule has 0 aromatic carbocycles. The van der Waals surface area contributed by atoms with Crippen LogP contribution < -0.4 is 11.1 Å². The number of hydrogen-bond donors (Lipinski definition) is 7. The molecule has 0 aromatic rings.